The monoisotopic (exact) mass is 355 g/mol. The van der Waals surface area contributed by atoms with Gasteiger partial charge in [0.15, 0.2) is 11.5 Å². The Balaban J connectivity index is 0.000000823. The molecule has 1 aromatic carbocycles. The maximum atomic E-state index is 9.10. The number of carbonyl (C=O) groups is 2. The van der Waals surface area contributed by atoms with Crippen LogP contribution in [0.5, 0.6) is 11.5 Å². The molecule has 4 N–H and O–H groups in total. The van der Waals surface area contributed by atoms with E-state index in [1.54, 1.807) is 14.0 Å². The van der Waals surface area contributed by atoms with Crippen LogP contribution in [0.4, 0.5) is 0 Å². The third-order valence-corrected chi connectivity index (χ3v) is 2.71. The molecule has 140 valence electrons. The molecule has 0 aliphatic rings. The summed E-state index contributed by atoms with van der Waals surface area (Å²) in [4.78, 5) is 18.2. The Bertz CT molecular complexity index is 558. The lowest BCUT2D eigenvalue weighted by Gasteiger charge is -2.12. The highest BCUT2D eigenvalue weighted by Crippen LogP contribution is 2.28. The Labute approximate surface area is 146 Å². The van der Waals surface area contributed by atoms with Crippen molar-refractivity contribution in [1.82, 2.24) is 5.32 Å². The molecule has 0 aliphatic heterocycles. The van der Waals surface area contributed by atoms with Crippen LogP contribution in [0.15, 0.2) is 24.3 Å². The Kier molecular flexibility index (Phi) is 11.5. The molecule has 0 heterocycles. The first-order valence-electron chi connectivity index (χ1n) is 7.60. The van der Waals surface area contributed by atoms with Crippen molar-refractivity contribution in [2.24, 2.45) is 0 Å². The van der Waals surface area contributed by atoms with E-state index < -0.39 is 11.9 Å². The van der Waals surface area contributed by atoms with Gasteiger partial charge in [-0.05, 0) is 31.5 Å². The summed E-state index contributed by atoms with van der Waals surface area (Å²) in [7, 11) is 1.63. The molecule has 0 spiro atoms. The van der Waals surface area contributed by atoms with Crippen molar-refractivity contribution >= 4 is 18.0 Å². The Morgan fingerprint density at radius 3 is 2.36 bits per heavy atom. The Hall–Kier alpha value is -2.58. The van der Waals surface area contributed by atoms with Crippen molar-refractivity contribution in [2.45, 2.75) is 20.0 Å². The van der Waals surface area contributed by atoms with Crippen LogP contribution in [0.25, 0.3) is 6.08 Å². The summed E-state index contributed by atoms with van der Waals surface area (Å²) in [6.45, 7) is 5.51. The molecule has 0 aliphatic carbocycles. The lowest BCUT2D eigenvalue weighted by Crippen LogP contribution is -2.28. The third kappa shape index (κ3) is 10.7. The van der Waals surface area contributed by atoms with Gasteiger partial charge in [0, 0.05) is 13.1 Å². The number of aliphatic hydroxyl groups is 1. The number of carboxylic acid groups (broad SMARTS) is 2. The van der Waals surface area contributed by atoms with Crippen LogP contribution in [0, 0.1) is 0 Å². The average molecular weight is 355 g/mol. The van der Waals surface area contributed by atoms with Gasteiger partial charge in [-0.15, -0.1) is 0 Å². The normalized spacial score (nSPS) is 11.4. The topological polar surface area (TPSA) is 125 Å². The molecule has 0 amide bonds. The lowest BCUT2D eigenvalue weighted by atomic mass is 10.2. The van der Waals surface area contributed by atoms with Crippen LogP contribution in [0.3, 0.4) is 0 Å². The largest absolute Gasteiger partial charge is 0.493 e. The van der Waals surface area contributed by atoms with Gasteiger partial charge in [0.2, 0.25) is 0 Å². The van der Waals surface area contributed by atoms with Gasteiger partial charge in [0.05, 0.1) is 13.2 Å². The highest BCUT2D eigenvalue weighted by molar-refractivity contribution is 6.27. The molecule has 1 rings (SSSR count). The standard InChI is InChI=1S/C15H23NO3.C2H2O4/c1-4-5-13-6-7-14(15(10-13)18-3)19-9-8-16-11-12(2)17;3-1(4)2(5)6/h4-7,10,12,16-17H,8-9,11H2,1-3H3;(H,3,4)(H,5,6). The molecule has 0 radical (unpaired) electrons. The van der Waals surface area contributed by atoms with Gasteiger partial charge in [0.25, 0.3) is 0 Å². The van der Waals surface area contributed by atoms with Crippen molar-refractivity contribution in [3.05, 3.63) is 29.8 Å². The number of methoxy groups -OCH3 is 1. The van der Waals surface area contributed by atoms with Crippen LogP contribution in [-0.2, 0) is 9.59 Å². The molecule has 8 heteroatoms. The molecule has 0 saturated heterocycles. The van der Waals surface area contributed by atoms with E-state index in [9.17, 15) is 0 Å². The van der Waals surface area contributed by atoms with Crippen LogP contribution in [0.1, 0.15) is 19.4 Å². The molecule has 0 saturated carbocycles. The molecule has 1 atom stereocenters. The second kappa shape index (κ2) is 12.8. The lowest BCUT2D eigenvalue weighted by molar-refractivity contribution is -0.159. The van der Waals surface area contributed by atoms with Gasteiger partial charge < -0.3 is 30.1 Å². The van der Waals surface area contributed by atoms with E-state index in [2.05, 4.69) is 5.32 Å². The zero-order valence-corrected chi connectivity index (χ0v) is 14.6. The maximum Gasteiger partial charge on any atom is 0.414 e. The minimum atomic E-state index is -1.82. The van der Waals surface area contributed by atoms with Gasteiger partial charge in [0.1, 0.15) is 6.61 Å². The highest BCUT2D eigenvalue weighted by Gasteiger charge is 2.05. The van der Waals surface area contributed by atoms with E-state index in [1.165, 1.54) is 0 Å². The molecule has 0 aromatic heterocycles. The molecule has 25 heavy (non-hydrogen) atoms. The number of aliphatic hydroxyl groups excluding tert-OH is 1. The van der Waals surface area contributed by atoms with E-state index in [0.717, 1.165) is 17.1 Å². The van der Waals surface area contributed by atoms with Crippen molar-refractivity contribution < 1.29 is 34.4 Å². The first kappa shape index (κ1) is 22.4. The first-order chi connectivity index (χ1) is 11.8. The van der Waals surface area contributed by atoms with Crippen LogP contribution < -0.4 is 14.8 Å². The number of carboxylic acids is 2. The SMILES string of the molecule is CC=Cc1ccc(OCCNCC(C)O)c(OC)c1.O=C(O)C(=O)O. The van der Waals surface area contributed by atoms with Gasteiger partial charge in [-0.2, -0.15) is 0 Å². The number of aliphatic carboxylic acids is 2. The van der Waals surface area contributed by atoms with Gasteiger partial charge in [-0.1, -0.05) is 18.2 Å². The van der Waals surface area contributed by atoms with Crippen LogP contribution in [0.2, 0.25) is 0 Å². The Morgan fingerprint density at radius 1 is 1.24 bits per heavy atom. The van der Waals surface area contributed by atoms with Gasteiger partial charge in [-0.3, -0.25) is 0 Å². The van der Waals surface area contributed by atoms with E-state index in [-0.39, 0.29) is 6.10 Å². The second-order valence-electron chi connectivity index (χ2n) is 4.92. The van der Waals surface area contributed by atoms with E-state index in [0.29, 0.717) is 19.7 Å². The van der Waals surface area contributed by atoms with Crippen molar-refractivity contribution in [1.29, 1.82) is 0 Å². The number of hydrogen-bond donors (Lipinski definition) is 4. The predicted octanol–water partition coefficient (Wildman–Crippen LogP) is 1.23. The van der Waals surface area contributed by atoms with E-state index in [4.69, 9.17) is 34.4 Å². The number of nitrogens with one attached hydrogen (secondary N) is 1. The minimum absolute atomic E-state index is 0.338. The fraction of sp³-hybridized carbons (Fsp3) is 0.412. The first-order valence-corrected chi connectivity index (χ1v) is 7.60. The Morgan fingerprint density at radius 2 is 1.88 bits per heavy atom. The third-order valence-electron chi connectivity index (χ3n) is 2.71. The smallest absolute Gasteiger partial charge is 0.414 e. The quantitative estimate of drug-likeness (QED) is 0.405. The summed E-state index contributed by atoms with van der Waals surface area (Å²) in [5, 5.41) is 27.0. The van der Waals surface area contributed by atoms with Crippen LogP contribution >= 0.6 is 0 Å². The highest BCUT2D eigenvalue weighted by atomic mass is 16.5. The fourth-order valence-corrected chi connectivity index (χ4v) is 1.64. The molecule has 8 nitrogen and oxygen atoms in total. The van der Waals surface area contributed by atoms with E-state index >= 15 is 0 Å². The van der Waals surface area contributed by atoms with Crippen molar-refractivity contribution in [3.8, 4) is 11.5 Å². The van der Waals surface area contributed by atoms with E-state index in [1.807, 2.05) is 37.3 Å². The fourth-order valence-electron chi connectivity index (χ4n) is 1.64. The predicted molar refractivity (Wildman–Crippen MR) is 93.0 cm³/mol. The molecule has 1 aromatic rings. The van der Waals surface area contributed by atoms with Crippen molar-refractivity contribution in [2.75, 3.05) is 26.8 Å². The number of rotatable bonds is 8. The zero-order valence-electron chi connectivity index (χ0n) is 14.6. The summed E-state index contributed by atoms with van der Waals surface area (Å²) in [6.07, 6.45) is 3.65. The molecule has 0 bridgehead atoms. The summed E-state index contributed by atoms with van der Waals surface area (Å²) < 4.78 is 11.0. The molecular weight excluding hydrogens is 330 g/mol. The van der Waals surface area contributed by atoms with Gasteiger partial charge in [-0.25, -0.2) is 9.59 Å². The molecular formula is C17H25NO7. The second-order valence-corrected chi connectivity index (χ2v) is 4.92. The van der Waals surface area contributed by atoms with Gasteiger partial charge >= 0.3 is 11.9 Å². The van der Waals surface area contributed by atoms with Crippen LogP contribution in [-0.4, -0.2) is 60.2 Å². The zero-order chi connectivity index (χ0) is 19.2. The molecule has 1 unspecified atom stereocenters. The summed E-state index contributed by atoms with van der Waals surface area (Å²) in [6, 6.07) is 5.84. The number of ether oxygens (including phenoxy) is 2. The average Bonchev–Trinajstić information content (AvgIpc) is 2.56. The molecule has 0 fully saturated rings. The van der Waals surface area contributed by atoms with Crippen molar-refractivity contribution in [3.63, 3.8) is 0 Å². The number of hydrogen-bond acceptors (Lipinski definition) is 6. The number of benzene rings is 1. The summed E-state index contributed by atoms with van der Waals surface area (Å²) in [5.74, 6) is -2.19. The minimum Gasteiger partial charge on any atom is -0.493 e. The maximum absolute atomic E-state index is 9.10. The summed E-state index contributed by atoms with van der Waals surface area (Å²) in [5.41, 5.74) is 1.08. The number of allylic oxidation sites excluding steroid dienone is 1. The summed E-state index contributed by atoms with van der Waals surface area (Å²) >= 11 is 0.